The summed E-state index contributed by atoms with van der Waals surface area (Å²) in [6.07, 6.45) is 10.2. The highest BCUT2D eigenvalue weighted by atomic mass is 16.3. The second kappa shape index (κ2) is 10.4. The van der Waals surface area contributed by atoms with E-state index in [-0.39, 0.29) is 29.5 Å². The van der Waals surface area contributed by atoms with E-state index in [2.05, 4.69) is 30.6 Å². The van der Waals surface area contributed by atoms with Crippen LogP contribution in [0.1, 0.15) is 71.9 Å². The highest BCUT2D eigenvalue weighted by Crippen LogP contribution is 2.38. The Hall–Kier alpha value is -3.99. The third kappa shape index (κ3) is 5.19. The zero-order chi connectivity index (χ0) is 26.9. The number of aryl methyl sites for hydroxylation is 1. The normalized spacial score (nSPS) is 20.8. The monoisotopic (exact) mass is 518 g/mol. The van der Waals surface area contributed by atoms with Crippen LogP contribution in [0, 0.1) is 0 Å². The van der Waals surface area contributed by atoms with Crippen molar-refractivity contribution in [3.05, 3.63) is 59.7 Å². The van der Waals surface area contributed by atoms with Crippen molar-refractivity contribution in [2.75, 3.05) is 16.8 Å². The van der Waals surface area contributed by atoms with Gasteiger partial charge in [0.2, 0.25) is 0 Å². The molecule has 2 aromatic heterocycles. The molecule has 5 N–H and O–H groups in total. The van der Waals surface area contributed by atoms with Gasteiger partial charge in [-0.1, -0.05) is 25.0 Å². The third-order valence-corrected chi connectivity index (χ3v) is 7.67. The lowest BCUT2D eigenvalue weighted by Gasteiger charge is -2.40. The van der Waals surface area contributed by atoms with E-state index in [0.29, 0.717) is 17.1 Å². The van der Waals surface area contributed by atoms with E-state index in [9.17, 15) is 14.7 Å². The minimum absolute atomic E-state index is 0.0397. The first-order valence-electron chi connectivity index (χ1n) is 13.1. The molecule has 38 heavy (non-hydrogen) atoms. The Bertz CT molecular complexity index is 1320. The fourth-order valence-corrected chi connectivity index (χ4v) is 5.50. The van der Waals surface area contributed by atoms with E-state index in [1.165, 1.54) is 0 Å². The average molecular weight is 519 g/mol. The first-order valence-corrected chi connectivity index (χ1v) is 13.1. The van der Waals surface area contributed by atoms with Crippen molar-refractivity contribution in [1.29, 1.82) is 0 Å². The zero-order valence-corrected chi connectivity index (χ0v) is 21.7. The highest BCUT2D eigenvalue weighted by molar-refractivity contribution is 5.96. The second-order valence-corrected chi connectivity index (χ2v) is 10.3. The Morgan fingerprint density at radius 3 is 2.53 bits per heavy atom. The number of hydrogen-bond acceptors (Lipinski definition) is 8. The number of nitrogens with zero attached hydrogens (tertiary/aromatic N) is 5. The summed E-state index contributed by atoms with van der Waals surface area (Å²) in [4.78, 5) is 36.1. The molecule has 1 aromatic carbocycles. The van der Waals surface area contributed by atoms with Gasteiger partial charge >= 0.3 is 0 Å². The number of hydrogen-bond donors (Lipinski definition) is 4. The van der Waals surface area contributed by atoms with E-state index in [1.54, 1.807) is 42.5 Å². The number of aliphatic hydroxyl groups is 1. The van der Waals surface area contributed by atoms with Gasteiger partial charge in [-0.2, -0.15) is 5.10 Å². The summed E-state index contributed by atoms with van der Waals surface area (Å²) in [6, 6.07) is 7.13. The van der Waals surface area contributed by atoms with Crippen LogP contribution >= 0.6 is 0 Å². The minimum atomic E-state index is -0.775. The molecule has 11 nitrogen and oxygen atoms in total. The zero-order valence-electron chi connectivity index (χ0n) is 21.7. The Morgan fingerprint density at radius 1 is 1.13 bits per heavy atom. The Labute approximate surface area is 221 Å². The van der Waals surface area contributed by atoms with Gasteiger partial charge in [-0.25, -0.2) is 9.97 Å². The van der Waals surface area contributed by atoms with Gasteiger partial charge < -0.3 is 26.4 Å². The van der Waals surface area contributed by atoms with E-state index in [1.807, 2.05) is 19.1 Å². The van der Waals surface area contributed by atoms with Gasteiger partial charge in [-0.05, 0) is 50.3 Å². The maximum atomic E-state index is 13.1. The molecule has 0 radical (unpaired) electrons. The third-order valence-electron chi connectivity index (χ3n) is 7.67. The SMILES string of the molecule is C[C@@H]1[C@H](NC(=O)c2ccc(C3(O)CCCC3)cc2)CCCN1c1cnc(C(N)=O)c(Nc2cnn(C)c2)n1. The molecule has 200 valence electrons. The van der Waals surface area contributed by atoms with Crippen molar-refractivity contribution in [2.45, 2.75) is 63.1 Å². The molecule has 0 unspecified atom stereocenters. The molecule has 0 bridgehead atoms. The van der Waals surface area contributed by atoms with Crippen molar-refractivity contribution in [3.8, 4) is 0 Å². The Balaban J connectivity index is 1.30. The predicted octanol–water partition coefficient (Wildman–Crippen LogP) is 2.60. The van der Waals surface area contributed by atoms with Gasteiger partial charge in [-0.3, -0.25) is 14.3 Å². The van der Waals surface area contributed by atoms with Crippen LogP contribution in [0.4, 0.5) is 17.3 Å². The summed E-state index contributed by atoms with van der Waals surface area (Å²) in [5.74, 6) is 0.00784. The van der Waals surface area contributed by atoms with Gasteiger partial charge in [0.1, 0.15) is 5.82 Å². The fourth-order valence-electron chi connectivity index (χ4n) is 5.50. The molecule has 2 aliphatic rings. The maximum Gasteiger partial charge on any atom is 0.271 e. The number of benzene rings is 1. The number of carbonyl (C=O) groups is 2. The predicted molar refractivity (Wildman–Crippen MR) is 143 cm³/mol. The number of nitrogens with one attached hydrogen (secondary N) is 2. The van der Waals surface area contributed by atoms with Gasteiger partial charge in [0.25, 0.3) is 11.8 Å². The Morgan fingerprint density at radius 2 is 1.87 bits per heavy atom. The van der Waals surface area contributed by atoms with Crippen molar-refractivity contribution in [3.63, 3.8) is 0 Å². The van der Waals surface area contributed by atoms with E-state index in [0.717, 1.165) is 50.6 Å². The molecule has 5 rings (SSSR count). The van der Waals surface area contributed by atoms with E-state index < -0.39 is 11.5 Å². The molecule has 1 saturated heterocycles. The van der Waals surface area contributed by atoms with Crippen LogP contribution in [0.3, 0.4) is 0 Å². The van der Waals surface area contributed by atoms with E-state index >= 15 is 0 Å². The average Bonchev–Trinajstić information content (AvgIpc) is 3.53. The van der Waals surface area contributed by atoms with Crippen molar-refractivity contribution in [1.82, 2.24) is 25.1 Å². The van der Waals surface area contributed by atoms with Crippen LogP contribution in [-0.2, 0) is 12.6 Å². The summed E-state index contributed by atoms with van der Waals surface area (Å²) < 4.78 is 1.63. The van der Waals surface area contributed by atoms with Crippen LogP contribution in [0.25, 0.3) is 0 Å². The fraction of sp³-hybridized carbons (Fsp3) is 0.444. The number of anilines is 3. The van der Waals surface area contributed by atoms with Crippen molar-refractivity contribution in [2.24, 2.45) is 12.8 Å². The quantitative estimate of drug-likeness (QED) is 0.373. The highest BCUT2D eigenvalue weighted by Gasteiger charge is 2.34. The molecule has 1 aliphatic heterocycles. The lowest BCUT2D eigenvalue weighted by molar-refractivity contribution is 0.0444. The smallest absolute Gasteiger partial charge is 0.271 e. The summed E-state index contributed by atoms with van der Waals surface area (Å²) in [6.45, 7) is 2.78. The Kier molecular flexibility index (Phi) is 7.02. The lowest BCUT2D eigenvalue weighted by atomic mass is 9.91. The van der Waals surface area contributed by atoms with Crippen LogP contribution < -0.4 is 21.3 Å². The molecular weight excluding hydrogens is 484 g/mol. The van der Waals surface area contributed by atoms with Gasteiger partial charge in [0, 0.05) is 37.4 Å². The molecular formula is C27H34N8O3. The van der Waals surface area contributed by atoms with Crippen LogP contribution in [0.15, 0.2) is 42.9 Å². The summed E-state index contributed by atoms with van der Waals surface area (Å²) >= 11 is 0. The molecule has 0 spiro atoms. The van der Waals surface area contributed by atoms with Gasteiger partial charge in [0.05, 0.1) is 23.7 Å². The number of nitrogens with two attached hydrogens (primary N) is 1. The number of amides is 2. The first-order chi connectivity index (χ1) is 18.2. The van der Waals surface area contributed by atoms with Crippen LogP contribution in [0.5, 0.6) is 0 Å². The molecule has 2 amide bonds. The second-order valence-electron chi connectivity index (χ2n) is 10.3. The largest absolute Gasteiger partial charge is 0.385 e. The summed E-state index contributed by atoms with van der Waals surface area (Å²) in [5.41, 5.74) is 6.89. The summed E-state index contributed by atoms with van der Waals surface area (Å²) in [7, 11) is 1.79. The molecule has 3 aromatic rings. The minimum Gasteiger partial charge on any atom is -0.385 e. The van der Waals surface area contributed by atoms with Crippen LogP contribution in [0.2, 0.25) is 0 Å². The standard InChI is InChI=1S/C27H34N8O3/c1-17-21(32-26(37)18-7-9-19(10-8-18)27(38)11-3-4-12-27)6-5-13-35(17)22-15-29-23(24(28)36)25(33-22)31-20-14-30-34(2)16-20/h7-10,14-17,21,38H,3-6,11-13H2,1-2H3,(H2,28,36)(H,31,33)(H,32,37)/t17-,21-/m1/s1. The van der Waals surface area contributed by atoms with Crippen molar-refractivity contribution < 1.29 is 14.7 Å². The van der Waals surface area contributed by atoms with Crippen LogP contribution in [-0.4, -0.2) is 55.3 Å². The van der Waals surface area contributed by atoms with E-state index in [4.69, 9.17) is 5.73 Å². The number of aromatic nitrogens is 4. The molecule has 1 saturated carbocycles. The number of piperidine rings is 1. The molecule has 1 aliphatic carbocycles. The first kappa shape index (κ1) is 25.7. The lowest BCUT2D eigenvalue weighted by Crippen LogP contribution is -2.54. The number of rotatable bonds is 7. The molecule has 2 fully saturated rings. The molecule has 2 atom stereocenters. The molecule has 3 heterocycles. The van der Waals surface area contributed by atoms with Crippen molar-refractivity contribution >= 4 is 29.1 Å². The molecule has 11 heteroatoms. The number of carbonyl (C=O) groups excluding carboxylic acids is 2. The topological polar surface area (TPSA) is 151 Å². The summed E-state index contributed by atoms with van der Waals surface area (Å²) in [5, 5.41) is 21.2. The maximum absolute atomic E-state index is 13.1. The van der Waals surface area contributed by atoms with Gasteiger partial charge in [0.15, 0.2) is 11.5 Å². The van der Waals surface area contributed by atoms with Gasteiger partial charge in [-0.15, -0.1) is 0 Å². The number of primary amides is 1.